The van der Waals surface area contributed by atoms with Crippen molar-refractivity contribution in [2.24, 2.45) is 0 Å². The van der Waals surface area contributed by atoms with Crippen LogP contribution in [0.2, 0.25) is 0 Å². The Hall–Kier alpha value is -0.130. The number of rotatable bonds is 1. The van der Waals surface area contributed by atoms with Gasteiger partial charge in [0, 0.05) is 0 Å². The molecule has 0 spiro atoms. The van der Waals surface area contributed by atoms with Crippen molar-refractivity contribution in [1.29, 1.82) is 0 Å². The Morgan fingerprint density at radius 3 is 1.79 bits per heavy atom. The Kier molecular flexibility index (Phi) is 5.63. The lowest BCUT2D eigenvalue weighted by molar-refractivity contribution is -0.912. The third-order valence-electron chi connectivity index (χ3n) is 2.66. The van der Waals surface area contributed by atoms with Gasteiger partial charge in [-0.1, -0.05) is 0 Å². The van der Waals surface area contributed by atoms with Crippen LogP contribution in [-0.4, -0.2) is 50.4 Å². The molecule has 1 aliphatic heterocycles. The van der Waals surface area contributed by atoms with Crippen LogP contribution in [0.15, 0.2) is 0 Å². The van der Waals surface area contributed by atoms with Crippen LogP contribution in [0.25, 0.3) is 0 Å². The minimum Gasteiger partial charge on any atom is -0.326 e. The number of piperidine rings is 1. The maximum Gasteiger partial charge on any atom is 0.261 e. The SMILES string of the molecule is CC[N+]1(C)CCCCC1.CS(=O)(=O)O. The van der Waals surface area contributed by atoms with Gasteiger partial charge in [-0.15, -0.1) is 0 Å². The fraction of sp³-hybridized carbons (Fsp3) is 1.00. The lowest BCUT2D eigenvalue weighted by Crippen LogP contribution is -2.47. The summed E-state index contributed by atoms with van der Waals surface area (Å²) < 4.78 is 27.2. The monoisotopic (exact) mass is 224 g/mol. The molecule has 1 heterocycles. The topological polar surface area (TPSA) is 54.4 Å². The van der Waals surface area contributed by atoms with Crippen LogP contribution in [0.4, 0.5) is 0 Å². The van der Waals surface area contributed by atoms with Crippen molar-refractivity contribution >= 4 is 10.1 Å². The minimum atomic E-state index is -3.67. The van der Waals surface area contributed by atoms with Crippen molar-refractivity contribution in [1.82, 2.24) is 0 Å². The van der Waals surface area contributed by atoms with Crippen LogP contribution in [-0.2, 0) is 10.1 Å². The highest BCUT2D eigenvalue weighted by Crippen LogP contribution is 2.14. The predicted octanol–water partition coefficient (Wildman–Crippen LogP) is 1.14. The number of nitrogens with zero attached hydrogens (tertiary/aromatic N) is 1. The molecule has 14 heavy (non-hydrogen) atoms. The van der Waals surface area contributed by atoms with Crippen molar-refractivity contribution < 1.29 is 17.5 Å². The van der Waals surface area contributed by atoms with Crippen molar-refractivity contribution in [3.05, 3.63) is 0 Å². The molecule has 1 rings (SSSR count). The van der Waals surface area contributed by atoms with Gasteiger partial charge in [0.05, 0.1) is 32.9 Å². The summed E-state index contributed by atoms with van der Waals surface area (Å²) in [7, 11) is -1.29. The van der Waals surface area contributed by atoms with E-state index in [1.54, 1.807) is 0 Å². The Morgan fingerprint density at radius 2 is 1.57 bits per heavy atom. The molecule has 1 N–H and O–H groups in total. The third-order valence-corrected chi connectivity index (χ3v) is 2.66. The molecule has 1 fully saturated rings. The fourth-order valence-electron chi connectivity index (χ4n) is 1.59. The Labute approximate surface area is 87.3 Å². The average molecular weight is 224 g/mol. The minimum absolute atomic E-state index is 0.715. The standard InChI is InChI=1S/C8H18N.CH4O3S/c1-3-9(2)7-5-4-6-8-9;1-5(2,3)4/h3-8H2,1-2H3;1H3,(H,2,3,4)/q+1;. The van der Waals surface area contributed by atoms with E-state index in [0.29, 0.717) is 6.26 Å². The molecule has 0 aromatic rings. The number of hydrogen-bond acceptors (Lipinski definition) is 2. The lowest BCUT2D eigenvalue weighted by Gasteiger charge is -2.36. The summed E-state index contributed by atoms with van der Waals surface area (Å²) in [4.78, 5) is 0. The van der Waals surface area contributed by atoms with Gasteiger partial charge in [0.25, 0.3) is 10.1 Å². The quantitative estimate of drug-likeness (QED) is 0.537. The van der Waals surface area contributed by atoms with Crippen molar-refractivity contribution in [3.63, 3.8) is 0 Å². The molecular weight excluding hydrogens is 202 g/mol. The second-order valence-electron chi connectivity index (χ2n) is 4.18. The smallest absolute Gasteiger partial charge is 0.261 e. The molecule has 0 atom stereocenters. The largest absolute Gasteiger partial charge is 0.326 e. The Balaban J connectivity index is 0.000000292. The summed E-state index contributed by atoms with van der Waals surface area (Å²) in [5, 5.41) is 0. The van der Waals surface area contributed by atoms with E-state index in [1.165, 1.54) is 43.4 Å². The maximum atomic E-state index is 9.19. The van der Waals surface area contributed by atoms with Crippen LogP contribution in [0.5, 0.6) is 0 Å². The van der Waals surface area contributed by atoms with E-state index in [9.17, 15) is 8.42 Å². The number of quaternary nitrogens is 1. The predicted molar refractivity (Wildman–Crippen MR) is 57.8 cm³/mol. The van der Waals surface area contributed by atoms with Crippen LogP contribution < -0.4 is 0 Å². The van der Waals surface area contributed by atoms with Gasteiger partial charge in [-0.05, 0) is 26.2 Å². The second kappa shape index (κ2) is 5.68. The summed E-state index contributed by atoms with van der Waals surface area (Å²) in [5.41, 5.74) is 0. The van der Waals surface area contributed by atoms with Crippen molar-refractivity contribution in [2.75, 3.05) is 32.9 Å². The van der Waals surface area contributed by atoms with E-state index in [4.69, 9.17) is 4.55 Å². The molecule has 0 aromatic carbocycles. The molecule has 0 aliphatic carbocycles. The van der Waals surface area contributed by atoms with E-state index in [2.05, 4.69) is 14.0 Å². The first-order valence-electron chi connectivity index (χ1n) is 5.03. The average Bonchev–Trinajstić information content (AvgIpc) is 2.03. The maximum absolute atomic E-state index is 9.19. The summed E-state index contributed by atoms with van der Waals surface area (Å²) in [5.74, 6) is 0. The van der Waals surface area contributed by atoms with Gasteiger partial charge in [0.2, 0.25) is 0 Å². The Morgan fingerprint density at radius 1 is 1.21 bits per heavy atom. The van der Waals surface area contributed by atoms with Crippen LogP contribution in [0.3, 0.4) is 0 Å². The summed E-state index contributed by atoms with van der Waals surface area (Å²) in [6, 6.07) is 0. The van der Waals surface area contributed by atoms with Crippen LogP contribution >= 0.6 is 0 Å². The zero-order chi connectivity index (χ0) is 11.2. The highest BCUT2D eigenvalue weighted by molar-refractivity contribution is 7.85. The van der Waals surface area contributed by atoms with Gasteiger partial charge in [-0.2, -0.15) is 8.42 Å². The molecule has 0 amide bonds. The van der Waals surface area contributed by atoms with Crippen LogP contribution in [0.1, 0.15) is 26.2 Å². The lowest BCUT2D eigenvalue weighted by atomic mass is 10.1. The highest BCUT2D eigenvalue weighted by atomic mass is 32.2. The first-order chi connectivity index (χ1) is 6.27. The van der Waals surface area contributed by atoms with Crippen LogP contribution in [0, 0.1) is 0 Å². The molecule has 86 valence electrons. The first-order valence-corrected chi connectivity index (χ1v) is 6.88. The van der Waals surface area contributed by atoms with E-state index < -0.39 is 10.1 Å². The molecule has 1 saturated heterocycles. The molecule has 1 aliphatic rings. The van der Waals surface area contributed by atoms with Crippen molar-refractivity contribution in [3.8, 4) is 0 Å². The van der Waals surface area contributed by atoms with Crippen molar-refractivity contribution in [2.45, 2.75) is 26.2 Å². The van der Waals surface area contributed by atoms with Gasteiger partial charge in [-0.3, -0.25) is 4.55 Å². The molecule has 4 nitrogen and oxygen atoms in total. The Bertz CT molecular complexity index is 235. The normalized spacial score (nSPS) is 20.9. The molecular formula is C9H22NO3S+. The van der Waals surface area contributed by atoms with Gasteiger partial charge >= 0.3 is 0 Å². The van der Waals surface area contributed by atoms with Gasteiger partial charge in [0.15, 0.2) is 0 Å². The van der Waals surface area contributed by atoms with E-state index in [-0.39, 0.29) is 0 Å². The van der Waals surface area contributed by atoms with Gasteiger partial charge in [0.1, 0.15) is 0 Å². The van der Waals surface area contributed by atoms with Gasteiger partial charge < -0.3 is 4.48 Å². The number of hydrogen-bond donors (Lipinski definition) is 1. The van der Waals surface area contributed by atoms with E-state index >= 15 is 0 Å². The zero-order valence-electron chi connectivity index (χ0n) is 9.36. The third kappa shape index (κ3) is 8.47. The second-order valence-corrected chi connectivity index (χ2v) is 5.64. The zero-order valence-corrected chi connectivity index (χ0v) is 10.2. The molecule has 0 unspecified atom stereocenters. The molecule has 0 saturated carbocycles. The summed E-state index contributed by atoms with van der Waals surface area (Å²) in [6.45, 7) is 6.44. The highest BCUT2D eigenvalue weighted by Gasteiger charge is 2.21. The molecule has 0 aromatic heterocycles. The fourth-order valence-corrected chi connectivity index (χ4v) is 1.59. The van der Waals surface area contributed by atoms with E-state index in [0.717, 1.165) is 0 Å². The summed E-state index contributed by atoms with van der Waals surface area (Å²) in [6.07, 6.45) is 5.08. The first kappa shape index (κ1) is 13.9. The molecule has 0 radical (unpaired) electrons. The summed E-state index contributed by atoms with van der Waals surface area (Å²) >= 11 is 0. The molecule has 0 bridgehead atoms. The van der Waals surface area contributed by atoms with Gasteiger partial charge in [-0.25, -0.2) is 0 Å². The number of likely N-dealkylation sites (tertiary alicyclic amines) is 1. The molecule has 5 heteroatoms. The van der Waals surface area contributed by atoms with E-state index in [1.807, 2.05) is 0 Å².